The molecule has 0 saturated carbocycles. The van der Waals surface area contributed by atoms with Crippen LogP contribution in [0, 0.1) is 5.82 Å². The molecule has 0 atom stereocenters. The molecule has 0 radical (unpaired) electrons. The van der Waals surface area contributed by atoms with E-state index in [-0.39, 0.29) is 22.3 Å². The zero-order valence-electron chi connectivity index (χ0n) is 19.7. The molecular weight excluding hydrogens is 477 g/mol. The van der Waals surface area contributed by atoms with E-state index in [1.54, 1.807) is 6.20 Å². The first-order valence-electron chi connectivity index (χ1n) is 11.5. The summed E-state index contributed by atoms with van der Waals surface area (Å²) in [4.78, 5) is 45.2. The molecule has 0 aliphatic carbocycles. The predicted octanol–water partition coefficient (Wildman–Crippen LogP) is 1.80. The molecule has 4 heterocycles. The molecular formula is C25H24FN9O2. The van der Waals surface area contributed by atoms with Crippen molar-refractivity contribution in [3.63, 3.8) is 0 Å². The number of piperazine rings is 1. The van der Waals surface area contributed by atoms with Gasteiger partial charge in [-0.3, -0.25) is 14.6 Å². The van der Waals surface area contributed by atoms with E-state index in [4.69, 9.17) is 11.6 Å². The molecule has 0 bridgehead atoms. The fraction of sp³-hybridized carbons (Fsp3) is 0.160. The zero-order chi connectivity index (χ0) is 25.9. The average molecular weight is 502 g/mol. The number of aromatic nitrogens is 4. The zero-order valence-corrected chi connectivity index (χ0v) is 19.7. The number of H-pyrrole nitrogens is 1. The molecule has 0 unspecified atom stereocenters. The summed E-state index contributed by atoms with van der Waals surface area (Å²) in [5.74, 6) is 3.76. The van der Waals surface area contributed by atoms with Crippen LogP contribution in [0.15, 0.2) is 67.6 Å². The molecule has 1 aliphatic heterocycles. The van der Waals surface area contributed by atoms with Gasteiger partial charge in [0.25, 0.3) is 11.7 Å². The van der Waals surface area contributed by atoms with Crippen molar-refractivity contribution < 1.29 is 14.0 Å². The summed E-state index contributed by atoms with van der Waals surface area (Å²) in [6.07, 6.45) is 8.01. The Balaban J connectivity index is 1.34. The number of pyridine rings is 1. The second-order valence-electron chi connectivity index (χ2n) is 8.36. The van der Waals surface area contributed by atoms with Crippen LogP contribution in [0.1, 0.15) is 10.4 Å². The summed E-state index contributed by atoms with van der Waals surface area (Å²) >= 11 is 0. The number of halogens is 1. The SMILES string of the molecule is N/C=C\N(N)c1ncc(F)c2c(C(=O)C(=O)N3CCN(c4cncnc4-c4ccccc4)CC3)c[nH]c12. The number of fused-ring (bicyclic) bond motifs is 1. The van der Waals surface area contributed by atoms with Gasteiger partial charge in [-0.15, -0.1) is 0 Å². The number of nitrogens with one attached hydrogen (secondary N) is 1. The Hall–Kier alpha value is -4.84. The van der Waals surface area contributed by atoms with Gasteiger partial charge in [-0.1, -0.05) is 30.3 Å². The maximum absolute atomic E-state index is 14.7. The number of ketones is 1. The van der Waals surface area contributed by atoms with E-state index in [1.165, 1.54) is 29.8 Å². The molecule has 1 aromatic carbocycles. The highest BCUT2D eigenvalue weighted by Crippen LogP contribution is 2.30. The summed E-state index contributed by atoms with van der Waals surface area (Å²) in [5.41, 5.74) is 8.07. The van der Waals surface area contributed by atoms with E-state index in [0.717, 1.165) is 28.2 Å². The Bertz CT molecular complexity index is 1480. The maximum atomic E-state index is 14.7. The quantitative estimate of drug-likeness (QED) is 0.155. The maximum Gasteiger partial charge on any atom is 0.295 e. The highest BCUT2D eigenvalue weighted by Gasteiger charge is 2.31. The second-order valence-corrected chi connectivity index (χ2v) is 8.36. The fourth-order valence-electron chi connectivity index (χ4n) is 4.41. The van der Waals surface area contributed by atoms with Crippen molar-refractivity contribution >= 4 is 34.1 Å². The predicted molar refractivity (Wildman–Crippen MR) is 137 cm³/mol. The summed E-state index contributed by atoms with van der Waals surface area (Å²) in [6.45, 7) is 1.58. The number of carbonyl (C=O) groups excluding carboxylic acids is 2. The Morgan fingerprint density at radius 3 is 2.57 bits per heavy atom. The summed E-state index contributed by atoms with van der Waals surface area (Å²) in [7, 11) is 0. The number of hydrogen-bond donors (Lipinski definition) is 3. The first-order valence-corrected chi connectivity index (χ1v) is 11.5. The Morgan fingerprint density at radius 2 is 1.84 bits per heavy atom. The number of amides is 1. The van der Waals surface area contributed by atoms with Crippen LogP contribution in [0.3, 0.4) is 0 Å². The molecule has 1 amide bonds. The Morgan fingerprint density at radius 1 is 1.08 bits per heavy atom. The van der Waals surface area contributed by atoms with E-state index in [2.05, 4.69) is 24.8 Å². The lowest BCUT2D eigenvalue weighted by Gasteiger charge is -2.36. The van der Waals surface area contributed by atoms with Crippen LogP contribution in [-0.4, -0.2) is 62.7 Å². The smallest absolute Gasteiger partial charge is 0.295 e. The lowest BCUT2D eigenvalue weighted by molar-refractivity contribution is -0.126. The van der Waals surface area contributed by atoms with E-state index >= 15 is 0 Å². The van der Waals surface area contributed by atoms with Crippen LogP contribution >= 0.6 is 0 Å². The summed E-state index contributed by atoms with van der Waals surface area (Å²) in [5, 5.41) is 1.03. The van der Waals surface area contributed by atoms with Crippen molar-refractivity contribution in [1.82, 2.24) is 24.8 Å². The number of rotatable bonds is 6. The topological polar surface area (TPSA) is 150 Å². The number of nitrogens with zero attached hydrogens (tertiary/aromatic N) is 6. The van der Waals surface area contributed by atoms with Gasteiger partial charge in [0.15, 0.2) is 11.6 Å². The van der Waals surface area contributed by atoms with Gasteiger partial charge in [0.05, 0.1) is 40.2 Å². The largest absolute Gasteiger partial charge is 0.403 e. The van der Waals surface area contributed by atoms with Crippen molar-refractivity contribution in [3.05, 3.63) is 79.0 Å². The molecule has 0 spiro atoms. The van der Waals surface area contributed by atoms with Gasteiger partial charge in [-0.2, -0.15) is 0 Å². The molecule has 3 aromatic heterocycles. The molecule has 4 aromatic rings. The molecule has 1 fully saturated rings. The highest BCUT2D eigenvalue weighted by molar-refractivity contribution is 6.45. The molecule has 188 valence electrons. The average Bonchev–Trinajstić information content (AvgIpc) is 3.39. The third-order valence-electron chi connectivity index (χ3n) is 6.22. The third kappa shape index (κ3) is 4.45. The number of anilines is 2. The van der Waals surface area contributed by atoms with Crippen LogP contribution in [0.4, 0.5) is 15.9 Å². The van der Waals surface area contributed by atoms with Crippen molar-refractivity contribution in [2.45, 2.75) is 0 Å². The first kappa shape index (κ1) is 23.9. The number of aromatic amines is 1. The number of carbonyl (C=O) groups is 2. The Labute approximate surface area is 211 Å². The van der Waals surface area contributed by atoms with Gasteiger partial charge in [-0.25, -0.2) is 25.2 Å². The van der Waals surface area contributed by atoms with Crippen LogP contribution in [0.2, 0.25) is 0 Å². The van der Waals surface area contributed by atoms with E-state index in [1.807, 2.05) is 30.3 Å². The minimum absolute atomic E-state index is 0.0585. The van der Waals surface area contributed by atoms with Gasteiger partial charge < -0.3 is 20.5 Å². The molecule has 5 N–H and O–H groups in total. The number of benzene rings is 1. The minimum Gasteiger partial charge on any atom is -0.403 e. The van der Waals surface area contributed by atoms with Crippen molar-refractivity contribution in [1.29, 1.82) is 0 Å². The van der Waals surface area contributed by atoms with Gasteiger partial charge in [0, 0.05) is 50.3 Å². The fourth-order valence-corrected chi connectivity index (χ4v) is 4.41. The standard InChI is InChI=1S/C25H24FN9O2/c26-18-13-31-24(35(28)7-6-27)22-20(18)17(12-30-22)23(36)25(37)34-10-8-33(9-11-34)19-14-29-15-32-21(19)16-4-2-1-3-5-16/h1-7,12-15,30H,8-11,27-28H2/b7-6-. The van der Waals surface area contributed by atoms with Gasteiger partial charge >= 0.3 is 0 Å². The molecule has 37 heavy (non-hydrogen) atoms. The van der Waals surface area contributed by atoms with Gasteiger partial charge in [0.1, 0.15) is 6.33 Å². The Kier molecular flexibility index (Phi) is 6.47. The van der Waals surface area contributed by atoms with E-state index in [0.29, 0.717) is 26.2 Å². The number of hydrogen-bond acceptors (Lipinski definition) is 9. The van der Waals surface area contributed by atoms with Crippen LogP contribution in [0.5, 0.6) is 0 Å². The van der Waals surface area contributed by atoms with E-state index in [9.17, 15) is 14.0 Å². The molecule has 11 nitrogen and oxygen atoms in total. The van der Waals surface area contributed by atoms with Crippen LogP contribution < -0.4 is 21.5 Å². The molecule has 12 heteroatoms. The molecule has 1 aliphatic rings. The first-order chi connectivity index (χ1) is 18.0. The van der Waals surface area contributed by atoms with Crippen molar-refractivity contribution in [3.8, 4) is 11.3 Å². The summed E-state index contributed by atoms with van der Waals surface area (Å²) in [6, 6.07) is 9.77. The monoisotopic (exact) mass is 501 g/mol. The van der Waals surface area contributed by atoms with Crippen LogP contribution in [0.25, 0.3) is 22.2 Å². The number of nitrogens with two attached hydrogens (primary N) is 2. The van der Waals surface area contributed by atoms with Crippen molar-refractivity contribution in [2.75, 3.05) is 36.1 Å². The lowest BCUT2D eigenvalue weighted by Crippen LogP contribution is -2.50. The van der Waals surface area contributed by atoms with Crippen LogP contribution in [-0.2, 0) is 4.79 Å². The molecule has 5 rings (SSSR count). The summed E-state index contributed by atoms with van der Waals surface area (Å²) < 4.78 is 14.7. The number of Topliss-reactive ketones (excluding diaryl/α,β-unsaturated/α-hetero) is 1. The van der Waals surface area contributed by atoms with Crippen molar-refractivity contribution in [2.24, 2.45) is 11.6 Å². The van der Waals surface area contributed by atoms with E-state index < -0.39 is 17.5 Å². The van der Waals surface area contributed by atoms with Gasteiger partial charge in [-0.05, 0) is 0 Å². The third-order valence-corrected chi connectivity index (χ3v) is 6.22. The number of hydrazine groups is 1. The second kappa shape index (κ2) is 10.0. The minimum atomic E-state index is -0.818. The van der Waals surface area contributed by atoms with Gasteiger partial charge in [0.2, 0.25) is 0 Å². The lowest BCUT2D eigenvalue weighted by atomic mass is 10.1. The highest BCUT2D eigenvalue weighted by atomic mass is 19.1. The molecule has 1 saturated heterocycles. The normalized spacial score (nSPS) is 13.9.